The van der Waals surface area contributed by atoms with E-state index in [1.165, 1.54) is 14.2 Å². The van der Waals surface area contributed by atoms with E-state index in [9.17, 15) is 9.59 Å². The number of hydrogen-bond acceptors (Lipinski definition) is 4. The van der Waals surface area contributed by atoms with E-state index in [1.54, 1.807) is 6.92 Å². The average molecular weight is 282 g/mol. The Bertz CT molecular complexity index is 391. The van der Waals surface area contributed by atoms with Gasteiger partial charge in [-0.05, 0) is 32.3 Å². The number of unbranched alkanes of at least 4 members (excludes halogenated alkanes) is 2. The predicted molar refractivity (Wildman–Crippen MR) is 79.2 cm³/mol. The van der Waals surface area contributed by atoms with E-state index in [-0.39, 0.29) is 23.7 Å². The van der Waals surface area contributed by atoms with Crippen molar-refractivity contribution in [3.63, 3.8) is 0 Å². The summed E-state index contributed by atoms with van der Waals surface area (Å²) < 4.78 is 10.2. The Kier molecular flexibility index (Phi) is 9.43. The van der Waals surface area contributed by atoms with Gasteiger partial charge in [-0.2, -0.15) is 0 Å². The van der Waals surface area contributed by atoms with Gasteiger partial charge in [0.15, 0.2) is 0 Å². The van der Waals surface area contributed by atoms with E-state index >= 15 is 0 Å². The zero-order chi connectivity index (χ0) is 15.5. The highest BCUT2D eigenvalue weighted by atomic mass is 16.5. The van der Waals surface area contributed by atoms with E-state index in [0.717, 1.165) is 31.3 Å². The lowest BCUT2D eigenvalue weighted by Gasteiger charge is -2.12. The summed E-state index contributed by atoms with van der Waals surface area (Å²) in [6, 6.07) is 0. The number of carbonyl (C=O) groups excluding carboxylic acids is 2. The molecule has 20 heavy (non-hydrogen) atoms. The summed E-state index contributed by atoms with van der Waals surface area (Å²) in [6.07, 6.45) is 5.01. The van der Waals surface area contributed by atoms with E-state index in [0.29, 0.717) is 11.9 Å². The largest absolute Gasteiger partial charge is 0.497 e. The summed E-state index contributed by atoms with van der Waals surface area (Å²) in [5, 5.41) is 0. The number of ether oxygens (including phenoxy) is 2. The molecular weight excluding hydrogens is 256 g/mol. The van der Waals surface area contributed by atoms with Crippen molar-refractivity contribution < 1.29 is 19.1 Å². The molecule has 0 spiro atoms. The van der Waals surface area contributed by atoms with Crippen LogP contribution in [0, 0.1) is 0 Å². The van der Waals surface area contributed by atoms with Gasteiger partial charge in [-0.1, -0.05) is 25.3 Å². The van der Waals surface area contributed by atoms with Crippen LogP contribution in [0.1, 0.15) is 52.9 Å². The van der Waals surface area contributed by atoms with Crippen molar-refractivity contribution in [2.24, 2.45) is 0 Å². The fourth-order valence-electron chi connectivity index (χ4n) is 1.87. The summed E-state index contributed by atoms with van der Waals surface area (Å²) in [7, 11) is 2.84. The summed E-state index contributed by atoms with van der Waals surface area (Å²) >= 11 is 0. The fraction of sp³-hybridized carbons (Fsp3) is 0.625. The Morgan fingerprint density at radius 3 is 2.20 bits per heavy atom. The smallest absolute Gasteiger partial charge is 0.226 e. The first-order valence-electron chi connectivity index (χ1n) is 6.99. The number of allylic oxidation sites excluding steroid dienone is 3. The van der Waals surface area contributed by atoms with Crippen LogP contribution >= 0.6 is 0 Å². The van der Waals surface area contributed by atoms with Crippen molar-refractivity contribution in [3.8, 4) is 0 Å². The monoisotopic (exact) mass is 282 g/mol. The molecule has 0 aliphatic carbocycles. The number of Topliss-reactive ketones (excluding diaryl/α,β-unsaturated/α-hetero) is 1. The molecule has 0 amide bonds. The summed E-state index contributed by atoms with van der Waals surface area (Å²) in [6.45, 7) is 5.90. The van der Waals surface area contributed by atoms with Gasteiger partial charge in [-0.25, -0.2) is 0 Å². The van der Waals surface area contributed by atoms with Crippen LogP contribution in [-0.4, -0.2) is 26.3 Å². The van der Waals surface area contributed by atoms with Crippen molar-refractivity contribution in [3.05, 3.63) is 22.7 Å². The lowest BCUT2D eigenvalue weighted by molar-refractivity contribution is -0.115. The Balaban J connectivity index is 5.16. The topological polar surface area (TPSA) is 52.6 Å². The number of rotatable bonds is 10. The molecule has 4 heteroatoms. The van der Waals surface area contributed by atoms with Crippen molar-refractivity contribution in [2.45, 2.75) is 52.9 Å². The molecule has 0 saturated heterocycles. The van der Waals surface area contributed by atoms with Gasteiger partial charge < -0.3 is 14.3 Å². The first-order valence-corrected chi connectivity index (χ1v) is 6.99. The lowest BCUT2D eigenvalue weighted by atomic mass is 10.00. The molecule has 0 fully saturated rings. The SMILES string of the molecule is CCCCC/C(C)=C(\C)C(=O)/C(OC)=C(\CC=O)OC. The van der Waals surface area contributed by atoms with Gasteiger partial charge in [0, 0.05) is 0 Å². The zero-order valence-electron chi connectivity index (χ0n) is 13.2. The van der Waals surface area contributed by atoms with Gasteiger partial charge in [-0.3, -0.25) is 4.79 Å². The highest BCUT2D eigenvalue weighted by Crippen LogP contribution is 2.20. The molecule has 0 aromatic rings. The van der Waals surface area contributed by atoms with Gasteiger partial charge in [-0.15, -0.1) is 0 Å². The van der Waals surface area contributed by atoms with Gasteiger partial charge >= 0.3 is 0 Å². The molecule has 0 unspecified atom stereocenters. The molecule has 0 aromatic heterocycles. The van der Waals surface area contributed by atoms with Crippen LogP contribution in [0.2, 0.25) is 0 Å². The molecule has 0 atom stereocenters. The van der Waals surface area contributed by atoms with Crippen LogP contribution in [-0.2, 0) is 19.1 Å². The van der Waals surface area contributed by atoms with Crippen LogP contribution in [0.25, 0.3) is 0 Å². The van der Waals surface area contributed by atoms with Crippen molar-refractivity contribution in [1.29, 1.82) is 0 Å². The lowest BCUT2D eigenvalue weighted by Crippen LogP contribution is -2.12. The quantitative estimate of drug-likeness (QED) is 0.266. The molecule has 0 heterocycles. The summed E-state index contributed by atoms with van der Waals surface area (Å²) in [5.41, 5.74) is 1.72. The summed E-state index contributed by atoms with van der Waals surface area (Å²) in [5.74, 6) is 0.181. The summed E-state index contributed by atoms with van der Waals surface area (Å²) in [4.78, 5) is 23.0. The molecule has 4 nitrogen and oxygen atoms in total. The van der Waals surface area contributed by atoms with Crippen molar-refractivity contribution in [2.75, 3.05) is 14.2 Å². The number of carbonyl (C=O) groups is 2. The van der Waals surface area contributed by atoms with Crippen LogP contribution in [0.15, 0.2) is 22.7 Å². The Hall–Kier alpha value is -1.58. The third kappa shape index (κ3) is 5.59. The second-order valence-corrected chi connectivity index (χ2v) is 4.72. The molecule has 114 valence electrons. The molecule has 0 bridgehead atoms. The highest BCUT2D eigenvalue weighted by Gasteiger charge is 2.20. The average Bonchev–Trinajstić information content (AvgIpc) is 2.46. The van der Waals surface area contributed by atoms with Crippen LogP contribution < -0.4 is 0 Å². The van der Waals surface area contributed by atoms with Gasteiger partial charge in [0.25, 0.3) is 0 Å². The minimum absolute atomic E-state index is 0.0353. The molecule has 0 aromatic carbocycles. The number of methoxy groups -OCH3 is 2. The molecule has 0 aliphatic rings. The van der Waals surface area contributed by atoms with E-state index < -0.39 is 0 Å². The number of aldehydes is 1. The van der Waals surface area contributed by atoms with E-state index in [4.69, 9.17) is 9.47 Å². The maximum Gasteiger partial charge on any atom is 0.226 e. The maximum atomic E-state index is 12.4. The maximum absolute atomic E-state index is 12.4. The second kappa shape index (κ2) is 10.2. The third-order valence-corrected chi connectivity index (χ3v) is 3.31. The normalized spacial score (nSPS) is 13.2. The van der Waals surface area contributed by atoms with Crippen LogP contribution in [0.3, 0.4) is 0 Å². The fourth-order valence-corrected chi connectivity index (χ4v) is 1.87. The van der Waals surface area contributed by atoms with Crippen LogP contribution in [0.5, 0.6) is 0 Å². The first-order chi connectivity index (χ1) is 9.53. The molecule has 0 radical (unpaired) electrons. The molecule has 0 rings (SSSR count). The van der Waals surface area contributed by atoms with Crippen molar-refractivity contribution in [1.82, 2.24) is 0 Å². The minimum atomic E-state index is -0.208. The second-order valence-electron chi connectivity index (χ2n) is 4.72. The number of ketones is 1. The number of hydrogen-bond donors (Lipinski definition) is 0. The van der Waals surface area contributed by atoms with E-state index in [1.807, 2.05) is 6.92 Å². The Labute approximate surface area is 121 Å². The molecule has 0 aliphatic heterocycles. The Morgan fingerprint density at radius 2 is 1.75 bits per heavy atom. The third-order valence-electron chi connectivity index (χ3n) is 3.31. The minimum Gasteiger partial charge on any atom is -0.497 e. The molecular formula is C16H26O4. The molecule has 0 saturated carbocycles. The van der Waals surface area contributed by atoms with Gasteiger partial charge in [0.1, 0.15) is 12.0 Å². The zero-order valence-corrected chi connectivity index (χ0v) is 13.2. The predicted octanol–water partition coefficient (Wildman–Crippen LogP) is 3.57. The van der Waals surface area contributed by atoms with Gasteiger partial charge in [0.05, 0.1) is 20.6 Å². The standard InChI is InChI=1S/C16H26O4/c1-6-7-8-9-12(2)13(3)15(18)16(20-5)14(19-4)10-11-17/h11H,6-10H2,1-5H3/b13-12+,16-14-. The highest BCUT2D eigenvalue weighted by molar-refractivity contribution is 6.07. The Morgan fingerprint density at radius 1 is 1.10 bits per heavy atom. The van der Waals surface area contributed by atoms with Crippen LogP contribution in [0.4, 0.5) is 0 Å². The molecule has 0 N–H and O–H groups in total. The van der Waals surface area contributed by atoms with E-state index in [2.05, 4.69) is 6.92 Å². The van der Waals surface area contributed by atoms with Crippen molar-refractivity contribution >= 4 is 12.1 Å². The first kappa shape index (κ1) is 18.4. The van der Waals surface area contributed by atoms with Gasteiger partial charge in [0.2, 0.25) is 11.5 Å².